The van der Waals surface area contributed by atoms with Gasteiger partial charge in [0.1, 0.15) is 6.04 Å². The van der Waals surface area contributed by atoms with E-state index >= 15 is 0 Å². The monoisotopic (exact) mass is 282 g/mol. The van der Waals surface area contributed by atoms with E-state index in [1.807, 2.05) is 6.92 Å². The van der Waals surface area contributed by atoms with E-state index in [1.165, 1.54) is 0 Å². The lowest BCUT2D eigenvalue weighted by molar-refractivity contribution is -0.158. The molecule has 5 heteroatoms. The Morgan fingerprint density at radius 2 is 2.15 bits per heavy atom. The number of nitrogens with zero attached hydrogens (tertiary/aromatic N) is 1. The molecule has 0 bridgehead atoms. The minimum atomic E-state index is -0.853. The summed E-state index contributed by atoms with van der Waals surface area (Å²) in [6, 6.07) is -0.634. The smallest absolute Gasteiger partial charge is 0.326 e. The molecule has 2 aliphatic heterocycles. The minimum absolute atomic E-state index is 0.0481. The Morgan fingerprint density at radius 3 is 2.65 bits per heavy atom. The fourth-order valence-corrected chi connectivity index (χ4v) is 3.57. The number of piperidine rings is 1. The summed E-state index contributed by atoms with van der Waals surface area (Å²) >= 11 is 0. The van der Waals surface area contributed by atoms with Crippen LogP contribution < -0.4 is 5.32 Å². The summed E-state index contributed by atoms with van der Waals surface area (Å²) in [7, 11) is 0. The maximum Gasteiger partial charge on any atom is 0.326 e. The predicted octanol–water partition coefficient (Wildman–Crippen LogP) is 1.48. The van der Waals surface area contributed by atoms with Crippen LogP contribution in [0.5, 0.6) is 0 Å². The van der Waals surface area contributed by atoms with E-state index in [0.717, 1.165) is 32.2 Å². The summed E-state index contributed by atoms with van der Waals surface area (Å²) in [4.78, 5) is 26.1. The largest absolute Gasteiger partial charge is 0.480 e. The van der Waals surface area contributed by atoms with E-state index in [1.54, 1.807) is 4.90 Å². The molecule has 1 amide bonds. The van der Waals surface area contributed by atoms with E-state index in [2.05, 4.69) is 12.2 Å². The second kappa shape index (κ2) is 6.12. The number of carboxylic acid groups (broad SMARTS) is 1. The number of nitrogens with one attached hydrogen (secondary N) is 1. The molecule has 0 aromatic heterocycles. The average molecular weight is 282 g/mol. The Bertz CT molecular complexity index is 377. The van der Waals surface area contributed by atoms with Crippen LogP contribution in [0.2, 0.25) is 0 Å². The highest BCUT2D eigenvalue weighted by Gasteiger charge is 2.46. The molecule has 2 fully saturated rings. The SMILES string of the molecule is CCC1CCN(C(=O)C2(CC)CCNC2)C(C(=O)O)C1. The molecular weight excluding hydrogens is 256 g/mol. The normalized spacial score (nSPS) is 34.2. The Balaban J connectivity index is 2.17. The highest BCUT2D eigenvalue weighted by Crippen LogP contribution is 2.35. The zero-order valence-corrected chi connectivity index (χ0v) is 12.5. The van der Waals surface area contributed by atoms with Crippen molar-refractivity contribution in [2.24, 2.45) is 11.3 Å². The van der Waals surface area contributed by atoms with Gasteiger partial charge in [0.15, 0.2) is 0 Å². The number of hydrogen-bond acceptors (Lipinski definition) is 3. The Labute approximate surface area is 120 Å². The molecule has 0 aliphatic carbocycles. The molecular formula is C15H26N2O3. The number of carbonyl (C=O) groups excluding carboxylic acids is 1. The van der Waals surface area contributed by atoms with Gasteiger partial charge in [-0.25, -0.2) is 4.79 Å². The molecule has 2 aliphatic rings. The molecule has 2 rings (SSSR count). The lowest BCUT2D eigenvalue weighted by atomic mass is 9.80. The number of carboxylic acids is 1. The van der Waals surface area contributed by atoms with Crippen LogP contribution in [0.25, 0.3) is 0 Å². The lowest BCUT2D eigenvalue weighted by Gasteiger charge is -2.41. The van der Waals surface area contributed by atoms with Gasteiger partial charge in [-0.15, -0.1) is 0 Å². The number of hydrogen-bond donors (Lipinski definition) is 2. The van der Waals surface area contributed by atoms with Gasteiger partial charge in [0, 0.05) is 13.1 Å². The van der Waals surface area contributed by atoms with Gasteiger partial charge < -0.3 is 15.3 Å². The third-order valence-electron chi connectivity index (χ3n) is 5.21. The molecule has 0 aromatic carbocycles. The van der Waals surface area contributed by atoms with Gasteiger partial charge in [-0.2, -0.15) is 0 Å². The van der Waals surface area contributed by atoms with Crippen molar-refractivity contribution >= 4 is 11.9 Å². The van der Waals surface area contributed by atoms with Gasteiger partial charge in [-0.1, -0.05) is 20.3 Å². The van der Waals surface area contributed by atoms with E-state index in [9.17, 15) is 14.7 Å². The highest BCUT2D eigenvalue weighted by atomic mass is 16.4. The molecule has 20 heavy (non-hydrogen) atoms. The van der Waals surface area contributed by atoms with Gasteiger partial charge in [-0.05, 0) is 38.1 Å². The molecule has 2 saturated heterocycles. The molecule has 114 valence electrons. The van der Waals surface area contributed by atoms with Crippen LogP contribution in [0.3, 0.4) is 0 Å². The van der Waals surface area contributed by atoms with Crippen LogP contribution in [-0.2, 0) is 9.59 Å². The van der Waals surface area contributed by atoms with Crippen LogP contribution >= 0.6 is 0 Å². The maximum atomic E-state index is 12.9. The first kappa shape index (κ1) is 15.3. The zero-order valence-electron chi connectivity index (χ0n) is 12.5. The summed E-state index contributed by atoms with van der Waals surface area (Å²) in [6.07, 6.45) is 4.12. The van der Waals surface area contributed by atoms with E-state index in [4.69, 9.17) is 0 Å². The quantitative estimate of drug-likeness (QED) is 0.819. The first-order chi connectivity index (χ1) is 9.54. The predicted molar refractivity (Wildman–Crippen MR) is 76.4 cm³/mol. The molecule has 0 radical (unpaired) electrons. The van der Waals surface area contributed by atoms with Crippen LogP contribution in [0, 0.1) is 11.3 Å². The average Bonchev–Trinajstić information content (AvgIpc) is 2.95. The van der Waals surface area contributed by atoms with Crippen LogP contribution in [0.4, 0.5) is 0 Å². The molecule has 3 atom stereocenters. The Hall–Kier alpha value is -1.10. The summed E-state index contributed by atoms with van der Waals surface area (Å²) < 4.78 is 0. The molecule has 2 heterocycles. The second-order valence-corrected chi connectivity index (χ2v) is 6.21. The summed E-state index contributed by atoms with van der Waals surface area (Å²) in [5, 5.41) is 12.7. The zero-order chi connectivity index (χ0) is 14.8. The molecule has 5 nitrogen and oxygen atoms in total. The first-order valence-electron chi connectivity index (χ1n) is 7.78. The lowest BCUT2D eigenvalue weighted by Crippen LogP contribution is -2.55. The third-order valence-corrected chi connectivity index (χ3v) is 5.21. The molecule has 2 N–H and O–H groups in total. The van der Waals surface area contributed by atoms with E-state index in [0.29, 0.717) is 25.4 Å². The van der Waals surface area contributed by atoms with Crippen molar-refractivity contribution in [3.8, 4) is 0 Å². The number of amides is 1. The van der Waals surface area contributed by atoms with Crippen LogP contribution in [0.1, 0.15) is 46.0 Å². The fourth-order valence-electron chi connectivity index (χ4n) is 3.57. The Morgan fingerprint density at radius 1 is 1.40 bits per heavy atom. The van der Waals surface area contributed by atoms with E-state index in [-0.39, 0.29) is 11.3 Å². The van der Waals surface area contributed by atoms with Crippen molar-refractivity contribution in [2.45, 2.75) is 52.0 Å². The molecule has 0 aromatic rings. The summed E-state index contributed by atoms with van der Waals surface area (Å²) in [5.74, 6) is -0.375. The van der Waals surface area contributed by atoms with Gasteiger partial charge in [0.25, 0.3) is 0 Å². The second-order valence-electron chi connectivity index (χ2n) is 6.21. The highest BCUT2D eigenvalue weighted by molar-refractivity contribution is 5.88. The van der Waals surface area contributed by atoms with Gasteiger partial charge in [0.2, 0.25) is 5.91 Å². The van der Waals surface area contributed by atoms with Crippen molar-refractivity contribution in [3.05, 3.63) is 0 Å². The van der Waals surface area contributed by atoms with Crippen molar-refractivity contribution < 1.29 is 14.7 Å². The standard InChI is InChI=1S/C15H26N2O3/c1-3-11-5-8-17(12(9-11)13(18)19)14(20)15(4-2)6-7-16-10-15/h11-12,16H,3-10H2,1-2H3,(H,18,19). The fraction of sp³-hybridized carbons (Fsp3) is 0.867. The van der Waals surface area contributed by atoms with Crippen LogP contribution in [0.15, 0.2) is 0 Å². The number of carbonyl (C=O) groups is 2. The van der Waals surface area contributed by atoms with Gasteiger partial charge in [0.05, 0.1) is 5.41 Å². The minimum Gasteiger partial charge on any atom is -0.480 e. The number of rotatable bonds is 4. The van der Waals surface area contributed by atoms with Crippen molar-refractivity contribution in [3.63, 3.8) is 0 Å². The number of aliphatic carboxylic acids is 1. The molecule has 0 spiro atoms. The topological polar surface area (TPSA) is 69.6 Å². The third kappa shape index (κ3) is 2.68. The van der Waals surface area contributed by atoms with Gasteiger partial charge >= 0.3 is 5.97 Å². The summed E-state index contributed by atoms with van der Waals surface area (Å²) in [6.45, 7) is 6.25. The summed E-state index contributed by atoms with van der Waals surface area (Å²) in [5.41, 5.74) is -0.382. The van der Waals surface area contributed by atoms with Crippen molar-refractivity contribution in [1.82, 2.24) is 10.2 Å². The molecule has 3 unspecified atom stereocenters. The van der Waals surface area contributed by atoms with Gasteiger partial charge in [-0.3, -0.25) is 4.79 Å². The van der Waals surface area contributed by atoms with E-state index < -0.39 is 12.0 Å². The maximum absolute atomic E-state index is 12.9. The molecule has 0 saturated carbocycles. The first-order valence-corrected chi connectivity index (χ1v) is 7.78. The van der Waals surface area contributed by atoms with Crippen molar-refractivity contribution in [2.75, 3.05) is 19.6 Å². The Kier molecular flexibility index (Phi) is 4.68. The number of likely N-dealkylation sites (tertiary alicyclic amines) is 1. The van der Waals surface area contributed by atoms with Crippen molar-refractivity contribution in [1.29, 1.82) is 0 Å². The van der Waals surface area contributed by atoms with Crippen LogP contribution in [-0.4, -0.2) is 47.6 Å².